The molecule has 0 saturated heterocycles. The van der Waals surface area contributed by atoms with Gasteiger partial charge in [0.2, 0.25) is 5.91 Å². The van der Waals surface area contributed by atoms with Crippen LogP contribution >= 0.6 is 0 Å². The highest BCUT2D eigenvalue weighted by Crippen LogP contribution is 2.21. The van der Waals surface area contributed by atoms with Crippen LogP contribution in [0.3, 0.4) is 0 Å². The van der Waals surface area contributed by atoms with Crippen molar-refractivity contribution in [3.8, 4) is 0 Å². The summed E-state index contributed by atoms with van der Waals surface area (Å²) in [6, 6.07) is 0. The average Bonchev–Trinajstić information content (AvgIpc) is 2.27. The minimum Gasteiger partial charge on any atom is -0.481 e. The zero-order valence-electron chi connectivity index (χ0n) is 11.4. The van der Waals surface area contributed by atoms with Gasteiger partial charge < -0.3 is 10.4 Å². The van der Waals surface area contributed by atoms with E-state index >= 15 is 0 Å². The number of carbonyl (C=O) groups is 2. The number of carboxylic acids is 1. The predicted octanol–water partition coefficient (Wildman–Crippen LogP) is 2.57. The first-order valence-corrected chi connectivity index (χ1v) is 6.44. The van der Waals surface area contributed by atoms with E-state index < -0.39 is 11.5 Å². The molecule has 1 unspecified atom stereocenters. The van der Waals surface area contributed by atoms with Crippen LogP contribution in [0, 0.1) is 5.92 Å². The lowest BCUT2D eigenvalue weighted by atomic mass is 9.88. The van der Waals surface area contributed by atoms with Crippen LogP contribution in [-0.4, -0.2) is 22.5 Å². The SMILES string of the molecule is CCCC(C)C(=O)NC(CC)(CC)CC(=O)O. The molecule has 0 fully saturated rings. The van der Waals surface area contributed by atoms with Gasteiger partial charge in [0.1, 0.15) is 0 Å². The summed E-state index contributed by atoms with van der Waals surface area (Å²) in [5, 5.41) is 11.8. The maximum atomic E-state index is 11.9. The van der Waals surface area contributed by atoms with Gasteiger partial charge in [0, 0.05) is 11.5 Å². The Bertz CT molecular complexity index is 259. The van der Waals surface area contributed by atoms with E-state index in [1.165, 1.54) is 0 Å². The second kappa shape index (κ2) is 7.30. The van der Waals surface area contributed by atoms with E-state index in [2.05, 4.69) is 5.32 Å². The molecule has 0 rings (SSSR count). The second-order valence-corrected chi connectivity index (χ2v) is 4.74. The molecule has 0 spiro atoms. The largest absolute Gasteiger partial charge is 0.481 e. The monoisotopic (exact) mass is 243 g/mol. The van der Waals surface area contributed by atoms with Gasteiger partial charge in [-0.1, -0.05) is 34.1 Å². The molecule has 0 radical (unpaired) electrons. The normalized spacial score (nSPS) is 13.2. The van der Waals surface area contributed by atoms with Crippen molar-refractivity contribution in [3.05, 3.63) is 0 Å². The highest BCUT2D eigenvalue weighted by Gasteiger charge is 2.31. The van der Waals surface area contributed by atoms with Crippen molar-refractivity contribution < 1.29 is 14.7 Å². The molecule has 100 valence electrons. The van der Waals surface area contributed by atoms with Gasteiger partial charge in [-0.15, -0.1) is 0 Å². The number of aliphatic carboxylic acids is 1. The Kier molecular flexibility index (Phi) is 6.85. The van der Waals surface area contributed by atoms with E-state index in [1.807, 2.05) is 27.7 Å². The third-order valence-electron chi connectivity index (χ3n) is 3.40. The van der Waals surface area contributed by atoms with Crippen molar-refractivity contribution in [2.75, 3.05) is 0 Å². The van der Waals surface area contributed by atoms with E-state index in [-0.39, 0.29) is 18.2 Å². The maximum Gasteiger partial charge on any atom is 0.305 e. The van der Waals surface area contributed by atoms with Crippen molar-refractivity contribution in [1.29, 1.82) is 0 Å². The number of rotatable bonds is 8. The minimum absolute atomic E-state index is 0.00934. The molecule has 0 aliphatic rings. The fourth-order valence-electron chi connectivity index (χ4n) is 1.96. The lowest BCUT2D eigenvalue weighted by Crippen LogP contribution is -2.50. The third-order valence-corrected chi connectivity index (χ3v) is 3.40. The van der Waals surface area contributed by atoms with Crippen molar-refractivity contribution in [2.45, 2.75) is 65.3 Å². The third kappa shape index (κ3) is 5.20. The van der Waals surface area contributed by atoms with Crippen LogP contribution in [0.5, 0.6) is 0 Å². The summed E-state index contributed by atoms with van der Waals surface area (Å²) >= 11 is 0. The number of carboxylic acid groups (broad SMARTS) is 1. The molecule has 1 atom stereocenters. The van der Waals surface area contributed by atoms with E-state index in [0.29, 0.717) is 12.8 Å². The molecule has 4 nitrogen and oxygen atoms in total. The molecule has 0 aromatic carbocycles. The summed E-state index contributed by atoms with van der Waals surface area (Å²) in [7, 11) is 0. The van der Waals surface area contributed by atoms with E-state index in [1.54, 1.807) is 0 Å². The quantitative estimate of drug-likeness (QED) is 0.688. The lowest BCUT2D eigenvalue weighted by Gasteiger charge is -2.32. The second-order valence-electron chi connectivity index (χ2n) is 4.74. The van der Waals surface area contributed by atoms with Crippen LogP contribution in [0.2, 0.25) is 0 Å². The van der Waals surface area contributed by atoms with Crippen LogP contribution in [-0.2, 0) is 9.59 Å². The minimum atomic E-state index is -0.864. The standard InChI is InChI=1S/C13H25NO3/c1-5-8-10(4)12(17)14-13(6-2,7-3)9-11(15)16/h10H,5-9H2,1-4H3,(H,14,17)(H,15,16). The summed E-state index contributed by atoms with van der Waals surface area (Å²) < 4.78 is 0. The highest BCUT2D eigenvalue weighted by molar-refractivity contribution is 5.80. The molecule has 0 bridgehead atoms. The molecule has 2 N–H and O–H groups in total. The van der Waals surface area contributed by atoms with Gasteiger partial charge in [-0.05, 0) is 19.3 Å². The maximum absolute atomic E-state index is 11.9. The summed E-state index contributed by atoms with van der Waals surface area (Å²) in [5.74, 6) is -0.944. The lowest BCUT2D eigenvalue weighted by molar-refractivity contribution is -0.139. The molecule has 0 aromatic rings. The Morgan fingerprint density at radius 3 is 2.12 bits per heavy atom. The van der Waals surface area contributed by atoms with Crippen LogP contribution < -0.4 is 5.32 Å². The van der Waals surface area contributed by atoms with Crippen LogP contribution in [0.4, 0.5) is 0 Å². The molecular formula is C13H25NO3. The smallest absolute Gasteiger partial charge is 0.305 e. The zero-order chi connectivity index (χ0) is 13.5. The topological polar surface area (TPSA) is 66.4 Å². The first-order valence-electron chi connectivity index (χ1n) is 6.44. The molecule has 0 heterocycles. The number of nitrogens with one attached hydrogen (secondary N) is 1. The molecular weight excluding hydrogens is 218 g/mol. The molecule has 1 amide bonds. The average molecular weight is 243 g/mol. The number of hydrogen-bond donors (Lipinski definition) is 2. The van der Waals surface area contributed by atoms with Crippen molar-refractivity contribution >= 4 is 11.9 Å². The fourth-order valence-corrected chi connectivity index (χ4v) is 1.96. The van der Waals surface area contributed by atoms with E-state index in [0.717, 1.165) is 12.8 Å². The van der Waals surface area contributed by atoms with Gasteiger partial charge in [0.25, 0.3) is 0 Å². The van der Waals surface area contributed by atoms with Crippen LogP contribution in [0.15, 0.2) is 0 Å². The van der Waals surface area contributed by atoms with Gasteiger partial charge in [0.05, 0.1) is 6.42 Å². The van der Waals surface area contributed by atoms with Gasteiger partial charge >= 0.3 is 5.97 Å². The van der Waals surface area contributed by atoms with Gasteiger partial charge in [-0.25, -0.2) is 0 Å². The first-order chi connectivity index (χ1) is 7.90. The first kappa shape index (κ1) is 15.9. The molecule has 17 heavy (non-hydrogen) atoms. The van der Waals surface area contributed by atoms with Crippen molar-refractivity contribution in [2.24, 2.45) is 5.92 Å². The van der Waals surface area contributed by atoms with Crippen molar-refractivity contribution in [1.82, 2.24) is 5.32 Å². The molecule has 0 aromatic heterocycles. The van der Waals surface area contributed by atoms with Crippen LogP contribution in [0.25, 0.3) is 0 Å². The number of amides is 1. The Balaban J connectivity index is 4.63. The van der Waals surface area contributed by atoms with Gasteiger partial charge in [-0.3, -0.25) is 9.59 Å². The fraction of sp³-hybridized carbons (Fsp3) is 0.846. The van der Waals surface area contributed by atoms with Crippen LogP contribution in [0.1, 0.15) is 59.8 Å². The summed E-state index contributed by atoms with van der Waals surface area (Å²) in [6.07, 6.45) is 3.06. The number of hydrogen-bond acceptors (Lipinski definition) is 2. The highest BCUT2D eigenvalue weighted by atomic mass is 16.4. The Labute approximate surface area is 104 Å². The Morgan fingerprint density at radius 1 is 1.24 bits per heavy atom. The van der Waals surface area contributed by atoms with E-state index in [9.17, 15) is 9.59 Å². The molecule has 0 aliphatic carbocycles. The van der Waals surface area contributed by atoms with Gasteiger partial charge in [-0.2, -0.15) is 0 Å². The van der Waals surface area contributed by atoms with Crippen molar-refractivity contribution in [3.63, 3.8) is 0 Å². The molecule has 4 heteroatoms. The summed E-state index contributed by atoms with van der Waals surface area (Å²) in [6.45, 7) is 7.75. The summed E-state index contributed by atoms with van der Waals surface area (Å²) in [5.41, 5.74) is -0.592. The van der Waals surface area contributed by atoms with E-state index in [4.69, 9.17) is 5.11 Å². The predicted molar refractivity (Wildman–Crippen MR) is 67.8 cm³/mol. The molecule has 0 aliphatic heterocycles. The summed E-state index contributed by atoms with van der Waals surface area (Å²) in [4.78, 5) is 22.8. The Morgan fingerprint density at radius 2 is 1.76 bits per heavy atom. The Hall–Kier alpha value is -1.06. The number of carbonyl (C=O) groups excluding carboxylic acids is 1. The molecule has 0 saturated carbocycles. The van der Waals surface area contributed by atoms with Gasteiger partial charge in [0.15, 0.2) is 0 Å². The zero-order valence-corrected chi connectivity index (χ0v) is 11.4.